The second kappa shape index (κ2) is 10.6. The Kier molecular flexibility index (Phi) is 8.13. The van der Waals surface area contributed by atoms with Gasteiger partial charge in [-0.3, -0.25) is 0 Å². The third-order valence-electron chi connectivity index (χ3n) is 7.10. The third kappa shape index (κ3) is 5.95. The van der Waals surface area contributed by atoms with Crippen molar-refractivity contribution in [3.63, 3.8) is 0 Å². The lowest BCUT2D eigenvalue weighted by Gasteiger charge is -2.36. The van der Waals surface area contributed by atoms with Crippen LogP contribution in [0.25, 0.3) is 0 Å². The van der Waals surface area contributed by atoms with Gasteiger partial charge in [0.05, 0.1) is 21.3 Å². The second-order valence-corrected chi connectivity index (χ2v) is 14.9. The molecule has 30 heavy (non-hydrogen) atoms. The van der Waals surface area contributed by atoms with E-state index in [1.807, 2.05) is 0 Å². The molecule has 0 aliphatic heterocycles. The standard InChI is InChI=1S/C28H40OSi/c1-22(2)28-17-16-23(3)18-25(28)19-27(21-29-20-24-12-8-6-9-13-24)30(4,5)26-14-10-7-11-15-26/h6-15,19,22-23,27-28H,16-18,20-21H2,1-5H3/b25-19+/t23-,27-,28+/m1/s1. The highest BCUT2D eigenvalue weighted by Crippen LogP contribution is 2.40. The van der Waals surface area contributed by atoms with Crippen LogP contribution in [-0.4, -0.2) is 14.7 Å². The van der Waals surface area contributed by atoms with Gasteiger partial charge < -0.3 is 4.74 Å². The van der Waals surface area contributed by atoms with Crippen molar-refractivity contribution in [2.75, 3.05) is 6.61 Å². The van der Waals surface area contributed by atoms with E-state index in [4.69, 9.17) is 4.74 Å². The smallest absolute Gasteiger partial charge is 0.0898 e. The first-order valence-corrected chi connectivity index (χ1v) is 14.8. The maximum absolute atomic E-state index is 6.34. The van der Waals surface area contributed by atoms with Crippen molar-refractivity contribution in [2.24, 2.45) is 17.8 Å². The molecule has 2 aromatic carbocycles. The second-order valence-electron chi connectivity index (χ2n) is 10.2. The zero-order valence-electron chi connectivity index (χ0n) is 19.6. The number of benzene rings is 2. The van der Waals surface area contributed by atoms with Crippen molar-refractivity contribution in [1.82, 2.24) is 0 Å². The van der Waals surface area contributed by atoms with E-state index in [1.54, 1.807) is 5.57 Å². The van der Waals surface area contributed by atoms with E-state index in [-0.39, 0.29) is 0 Å². The summed E-state index contributed by atoms with van der Waals surface area (Å²) in [6.07, 6.45) is 6.65. The molecule has 0 unspecified atom stereocenters. The fourth-order valence-electron chi connectivity index (χ4n) is 4.94. The van der Waals surface area contributed by atoms with Gasteiger partial charge in [0.25, 0.3) is 0 Å². The van der Waals surface area contributed by atoms with E-state index in [0.717, 1.165) is 24.4 Å². The summed E-state index contributed by atoms with van der Waals surface area (Å²) in [6, 6.07) is 21.8. The molecule has 0 saturated heterocycles. The van der Waals surface area contributed by atoms with Crippen LogP contribution in [0.2, 0.25) is 18.6 Å². The molecule has 1 fully saturated rings. The predicted molar refractivity (Wildman–Crippen MR) is 133 cm³/mol. The van der Waals surface area contributed by atoms with E-state index in [2.05, 4.69) is 101 Å². The Morgan fingerprint density at radius 2 is 1.60 bits per heavy atom. The van der Waals surface area contributed by atoms with Crippen LogP contribution in [0, 0.1) is 17.8 Å². The van der Waals surface area contributed by atoms with Gasteiger partial charge in [0.2, 0.25) is 0 Å². The van der Waals surface area contributed by atoms with Gasteiger partial charge in [-0.05, 0) is 48.1 Å². The summed E-state index contributed by atoms with van der Waals surface area (Å²) in [5, 5.41) is 1.53. The largest absolute Gasteiger partial charge is 0.376 e. The predicted octanol–water partition coefficient (Wildman–Crippen LogP) is 7.21. The van der Waals surface area contributed by atoms with Crippen LogP contribution in [0.3, 0.4) is 0 Å². The van der Waals surface area contributed by atoms with Gasteiger partial charge in [-0.25, -0.2) is 0 Å². The van der Waals surface area contributed by atoms with E-state index in [1.165, 1.54) is 30.0 Å². The number of hydrogen-bond acceptors (Lipinski definition) is 1. The van der Waals surface area contributed by atoms with Gasteiger partial charge in [-0.15, -0.1) is 0 Å². The zero-order valence-corrected chi connectivity index (χ0v) is 20.6. The number of allylic oxidation sites excluding steroid dienone is 1. The Hall–Kier alpha value is -1.64. The Morgan fingerprint density at radius 3 is 2.23 bits per heavy atom. The van der Waals surface area contributed by atoms with Crippen molar-refractivity contribution in [2.45, 2.75) is 65.3 Å². The first-order chi connectivity index (χ1) is 14.4. The first kappa shape index (κ1) is 23.0. The molecule has 1 aliphatic carbocycles. The normalized spacial score (nSPS) is 22.4. The number of rotatable bonds is 8. The molecule has 0 amide bonds. The van der Waals surface area contributed by atoms with Crippen molar-refractivity contribution >= 4 is 13.3 Å². The summed E-state index contributed by atoms with van der Waals surface area (Å²) in [4.78, 5) is 0. The van der Waals surface area contributed by atoms with Crippen LogP contribution in [-0.2, 0) is 11.3 Å². The molecule has 1 aliphatic rings. The van der Waals surface area contributed by atoms with Gasteiger partial charge in [-0.2, -0.15) is 0 Å². The minimum absolute atomic E-state index is 0.491. The summed E-state index contributed by atoms with van der Waals surface area (Å²) < 4.78 is 6.34. The Balaban J connectivity index is 1.86. The molecule has 0 heterocycles. The molecule has 2 aromatic rings. The summed E-state index contributed by atoms with van der Waals surface area (Å²) in [7, 11) is -1.72. The summed E-state index contributed by atoms with van der Waals surface area (Å²) >= 11 is 0. The Morgan fingerprint density at radius 1 is 0.967 bits per heavy atom. The fourth-order valence-corrected chi connectivity index (χ4v) is 7.59. The quantitative estimate of drug-likeness (QED) is 0.324. The minimum Gasteiger partial charge on any atom is -0.376 e. The summed E-state index contributed by atoms with van der Waals surface area (Å²) in [6.45, 7) is 13.8. The lowest BCUT2D eigenvalue weighted by atomic mass is 9.73. The molecule has 1 nitrogen and oxygen atoms in total. The topological polar surface area (TPSA) is 9.23 Å². The van der Waals surface area contributed by atoms with Gasteiger partial charge in [0.15, 0.2) is 0 Å². The Labute approximate surface area is 185 Å². The van der Waals surface area contributed by atoms with Crippen LogP contribution in [0.1, 0.15) is 45.6 Å². The SMILES string of the molecule is CC(C)[C@@H]1CC[C@@H](C)C/C1=C\[C@H](COCc1ccccc1)[Si](C)(C)c1ccccc1. The lowest BCUT2D eigenvalue weighted by molar-refractivity contribution is 0.124. The molecule has 0 bridgehead atoms. The van der Waals surface area contributed by atoms with Gasteiger partial charge in [0, 0.05) is 0 Å². The Bertz CT molecular complexity index is 794. The van der Waals surface area contributed by atoms with E-state index in [0.29, 0.717) is 12.1 Å². The maximum atomic E-state index is 6.34. The molecule has 0 spiro atoms. The molecular formula is C28H40OSi. The summed E-state index contributed by atoms with van der Waals surface area (Å²) in [5.41, 5.74) is 3.45. The highest BCUT2D eigenvalue weighted by molar-refractivity contribution is 6.91. The third-order valence-corrected chi connectivity index (χ3v) is 11.1. The molecule has 0 N–H and O–H groups in total. The first-order valence-electron chi connectivity index (χ1n) is 11.8. The maximum Gasteiger partial charge on any atom is 0.0898 e. The van der Waals surface area contributed by atoms with Gasteiger partial charge in [-0.1, -0.05) is 111 Å². The van der Waals surface area contributed by atoms with E-state index < -0.39 is 8.07 Å². The van der Waals surface area contributed by atoms with Gasteiger partial charge >= 0.3 is 0 Å². The number of ether oxygens (including phenoxy) is 1. The van der Waals surface area contributed by atoms with Crippen LogP contribution in [0.15, 0.2) is 72.3 Å². The molecule has 3 rings (SSSR count). The van der Waals surface area contributed by atoms with Crippen molar-refractivity contribution in [3.8, 4) is 0 Å². The molecule has 0 radical (unpaired) electrons. The average molecular weight is 421 g/mol. The van der Waals surface area contributed by atoms with Crippen LogP contribution < -0.4 is 5.19 Å². The monoisotopic (exact) mass is 420 g/mol. The number of hydrogen-bond donors (Lipinski definition) is 0. The van der Waals surface area contributed by atoms with Crippen molar-refractivity contribution in [3.05, 3.63) is 77.9 Å². The molecule has 2 heteroatoms. The van der Waals surface area contributed by atoms with Gasteiger partial charge in [0.1, 0.15) is 0 Å². The molecular weight excluding hydrogens is 380 g/mol. The van der Waals surface area contributed by atoms with Crippen LogP contribution in [0.4, 0.5) is 0 Å². The van der Waals surface area contributed by atoms with E-state index >= 15 is 0 Å². The van der Waals surface area contributed by atoms with Crippen LogP contribution >= 0.6 is 0 Å². The molecule has 162 valence electrons. The molecule has 0 aromatic heterocycles. The van der Waals surface area contributed by atoms with Crippen molar-refractivity contribution < 1.29 is 4.74 Å². The van der Waals surface area contributed by atoms with E-state index in [9.17, 15) is 0 Å². The van der Waals surface area contributed by atoms with Crippen LogP contribution in [0.5, 0.6) is 0 Å². The zero-order chi connectivity index (χ0) is 21.6. The average Bonchev–Trinajstić information content (AvgIpc) is 2.74. The molecule has 1 saturated carbocycles. The summed E-state index contributed by atoms with van der Waals surface area (Å²) in [5.74, 6) is 2.26. The van der Waals surface area contributed by atoms with Crippen molar-refractivity contribution in [1.29, 1.82) is 0 Å². The molecule has 3 atom stereocenters. The highest BCUT2D eigenvalue weighted by Gasteiger charge is 2.34. The lowest BCUT2D eigenvalue weighted by Crippen LogP contribution is -2.47. The minimum atomic E-state index is -1.72. The highest BCUT2D eigenvalue weighted by atomic mass is 28.3. The fraction of sp³-hybridized carbons (Fsp3) is 0.500.